The molecule has 31 heavy (non-hydrogen) atoms. The number of aromatic nitrogens is 2. The Bertz CT molecular complexity index is 1150. The van der Waals surface area contributed by atoms with Crippen molar-refractivity contribution in [3.8, 4) is 11.4 Å². The van der Waals surface area contributed by atoms with Crippen LogP contribution in [-0.4, -0.2) is 35.0 Å². The molecule has 2 heterocycles. The van der Waals surface area contributed by atoms with Gasteiger partial charge in [0, 0.05) is 4.88 Å². The highest BCUT2D eigenvalue weighted by atomic mass is 32.2. The van der Waals surface area contributed by atoms with Crippen LogP contribution in [0, 0.1) is 0 Å². The van der Waals surface area contributed by atoms with Gasteiger partial charge in [0.1, 0.15) is 10.6 Å². The summed E-state index contributed by atoms with van der Waals surface area (Å²) in [5.41, 5.74) is 1.65. The van der Waals surface area contributed by atoms with Gasteiger partial charge < -0.3 is 9.47 Å². The van der Waals surface area contributed by atoms with Gasteiger partial charge in [-0.25, -0.2) is 4.98 Å². The largest absolute Gasteiger partial charge is 0.495 e. The summed E-state index contributed by atoms with van der Waals surface area (Å²) in [4.78, 5) is 32.7. The Balaban J connectivity index is 1.72. The van der Waals surface area contributed by atoms with E-state index in [4.69, 9.17) is 14.5 Å². The maximum Gasteiger partial charge on any atom is 0.316 e. The van der Waals surface area contributed by atoms with Gasteiger partial charge in [0.15, 0.2) is 5.16 Å². The highest BCUT2D eigenvalue weighted by Gasteiger charge is 2.25. The second-order valence-electron chi connectivity index (χ2n) is 7.46. The maximum atomic E-state index is 13.7. The van der Waals surface area contributed by atoms with Crippen molar-refractivity contribution in [2.75, 3.05) is 19.5 Å². The van der Waals surface area contributed by atoms with Gasteiger partial charge in [0.25, 0.3) is 5.56 Å². The molecule has 0 saturated carbocycles. The van der Waals surface area contributed by atoms with E-state index in [2.05, 4.69) is 6.92 Å². The Morgan fingerprint density at radius 3 is 2.90 bits per heavy atom. The van der Waals surface area contributed by atoms with Gasteiger partial charge >= 0.3 is 5.97 Å². The number of esters is 1. The Morgan fingerprint density at radius 1 is 1.26 bits per heavy atom. The molecule has 6 nitrogen and oxygen atoms in total. The number of nitrogens with zero attached hydrogens (tertiary/aromatic N) is 2. The minimum atomic E-state index is -0.296. The number of hydrogen-bond acceptors (Lipinski definition) is 7. The van der Waals surface area contributed by atoms with Crippen LogP contribution in [0.4, 0.5) is 0 Å². The average molecular weight is 459 g/mol. The molecule has 0 amide bonds. The molecule has 8 heteroatoms. The molecule has 0 bridgehead atoms. The van der Waals surface area contributed by atoms with Crippen molar-refractivity contribution in [1.29, 1.82) is 0 Å². The lowest BCUT2D eigenvalue weighted by molar-refractivity contribution is -0.140. The van der Waals surface area contributed by atoms with Crippen molar-refractivity contribution < 1.29 is 14.3 Å². The first-order chi connectivity index (χ1) is 15.1. The van der Waals surface area contributed by atoms with Crippen LogP contribution in [0.15, 0.2) is 34.2 Å². The summed E-state index contributed by atoms with van der Waals surface area (Å²) < 4.78 is 12.4. The molecule has 164 valence electrons. The van der Waals surface area contributed by atoms with Crippen LogP contribution in [0.25, 0.3) is 15.9 Å². The van der Waals surface area contributed by atoms with Gasteiger partial charge in [-0.2, -0.15) is 0 Å². The number of benzene rings is 1. The quantitative estimate of drug-likeness (QED) is 0.199. The van der Waals surface area contributed by atoms with Crippen molar-refractivity contribution in [2.45, 2.75) is 50.6 Å². The van der Waals surface area contributed by atoms with Crippen LogP contribution in [0.3, 0.4) is 0 Å². The molecule has 3 aromatic rings. The number of thioether (sulfide) groups is 1. The molecular formula is C23H26N2O4S2. The lowest BCUT2D eigenvalue weighted by Gasteiger charge is -2.15. The third kappa shape index (κ3) is 4.50. The average Bonchev–Trinajstić information content (AvgIpc) is 3.36. The summed E-state index contributed by atoms with van der Waals surface area (Å²) in [6.45, 7) is 2.54. The van der Waals surface area contributed by atoms with Crippen molar-refractivity contribution >= 4 is 39.3 Å². The molecule has 1 aliphatic rings. The molecular weight excluding hydrogens is 432 g/mol. The normalized spacial score (nSPS) is 12.8. The van der Waals surface area contributed by atoms with Crippen LogP contribution in [0.5, 0.6) is 5.75 Å². The van der Waals surface area contributed by atoms with E-state index < -0.39 is 0 Å². The fourth-order valence-electron chi connectivity index (χ4n) is 3.85. The number of para-hydroxylation sites is 2. The molecule has 0 N–H and O–H groups in total. The number of rotatable bonds is 9. The minimum Gasteiger partial charge on any atom is -0.495 e. The number of aryl methyl sites for hydroxylation is 2. The molecule has 0 radical (unpaired) electrons. The lowest BCUT2D eigenvalue weighted by Crippen LogP contribution is -2.23. The Hall–Kier alpha value is -2.32. The number of methoxy groups -OCH3 is 1. The summed E-state index contributed by atoms with van der Waals surface area (Å²) in [6, 6.07) is 7.39. The molecule has 1 aliphatic carbocycles. The Kier molecular flexibility index (Phi) is 6.97. The Morgan fingerprint density at radius 2 is 2.10 bits per heavy atom. The topological polar surface area (TPSA) is 70.4 Å². The zero-order valence-corrected chi connectivity index (χ0v) is 19.4. The first kappa shape index (κ1) is 21.9. The van der Waals surface area contributed by atoms with Crippen LogP contribution < -0.4 is 10.3 Å². The number of ether oxygens (including phenoxy) is 2. The number of hydrogen-bond donors (Lipinski definition) is 0. The van der Waals surface area contributed by atoms with Crippen molar-refractivity contribution in [1.82, 2.24) is 9.55 Å². The second kappa shape index (κ2) is 9.87. The lowest BCUT2D eigenvalue weighted by atomic mass is 10.2. The van der Waals surface area contributed by atoms with E-state index in [0.717, 1.165) is 48.9 Å². The number of fused-ring (bicyclic) bond motifs is 3. The number of carbonyl (C=O) groups excluding carboxylic acids is 1. The van der Waals surface area contributed by atoms with Crippen LogP contribution in [-0.2, 0) is 22.4 Å². The molecule has 0 aliphatic heterocycles. The second-order valence-corrected chi connectivity index (χ2v) is 9.49. The van der Waals surface area contributed by atoms with Gasteiger partial charge in [-0.05, 0) is 43.4 Å². The Labute approximate surface area is 189 Å². The van der Waals surface area contributed by atoms with Gasteiger partial charge in [-0.15, -0.1) is 11.3 Å². The summed E-state index contributed by atoms with van der Waals surface area (Å²) in [5.74, 6) is 0.391. The van der Waals surface area contributed by atoms with Gasteiger partial charge in [-0.3, -0.25) is 14.2 Å². The maximum absolute atomic E-state index is 13.7. The number of unbranched alkanes of at least 4 members (excludes halogenated alkanes) is 2. The third-order valence-corrected chi connectivity index (χ3v) is 7.46. The van der Waals surface area contributed by atoms with E-state index in [1.807, 2.05) is 24.3 Å². The van der Waals surface area contributed by atoms with E-state index in [1.54, 1.807) is 23.0 Å². The fraction of sp³-hybridized carbons (Fsp3) is 0.435. The van der Waals surface area contributed by atoms with E-state index in [1.165, 1.54) is 16.6 Å². The first-order valence-electron chi connectivity index (χ1n) is 10.6. The molecule has 0 atom stereocenters. The SMILES string of the molecule is CCCCCOC(=O)CSc1nc2sc3c(c2c(=O)n1-c1ccccc1OC)CCC3. The molecule has 0 saturated heterocycles. The third-order valence-electron chi connectivity index (χ3n) is 5.36. The highest BCUT2D eigenvalue weighted by Crippen LogP contribution is 2.36. The van der Waals surface area contributed by atoms with Crippen LogP contribution in [0.2, 0.25) is 0 Å². The molecule has 0 fully saturated rings. The van der Waals surface area contributed by atoms with Crippen molar-refractivity contribution in [3.05, 3.63) is 45.1 Å². The minimum absolute atomic E-state index is 0.101. The zero-order valence-electron chi connectivity index (χ0n) is 17.8. The monoisotopic (exact) mass is 458 g/mol. The summed E-state index contributed by atoms with van der Waals surface area (Å²) in [6.07, 6.45) is 5.96. The molecule has 4 rings (SSSR count). The standard InChI is InChI=1S/C23H26N2O4S2/c1-3-4-7-13-29-19(26)14-30-23-24-21-20(15-9-8-12-18(15)31-21)22(27)25(23)16-10-5-6-11-17(16)28-2/h5-6,10-11H,3-4,7-9,12-14H2,1-2H3. The number of carbonyl (C=O) groups is 1. The molecule has 2 aromatic heterocycles. The predicted octanol–water partition coefficient (Wildman–Crippen LogP) is 4.77. The number of thiophene rings is 1. The predicted molar refractivity (Wildman–Crippen MR) is 125 cm³/mol. The van der Waals surface area contributed by atoms with Gasteiger partial charge in [-0.1, -0.05) is 43.7 Å². The first-order valence-corrected chi connectivity index (χ1v) is 12.4. The summed E-state index contributed by atoms with van der Waals surface area (Å²) >= 11 is 2.83. The van der Waals surface area contributed by atoms with Crippen LogP contribution >= 0.6 is 23.1 Å². The zero-order chi connectivity index (χ0) is 21.8. The van der Waals surface area contributed by atoms with Crippen molar-refractivity contribution in [3.63, 3.8) is 0 Å². The molecule has 0 unspecified atom stereocenters. The highest BCUT2D eigenvalue weighted by molar-refractivity contribution is 7.99. The van der Waals surface area contributed by atoms with Crippen molar-refractivity contribution in [2.24, 2.45) is 0 Å². The van der Waals surface area contributed by atoms with E-state index >= 15 is 0 Å². The van der Waals surface area contributed by atoms with Crippen LogP contribution in [0.1, 0.15) is 43.0 Å². The molecule has 0 spiro atoms. The van der Waals surface area contributed by atoms with E-state index in [0.29, 0.717) is 28.6 Å². The smallest absolute Gasteiger partial charge is 0.316 e. The van der Waals surface area contributed by atoms with E-state index in [-0.39, 0.29) is 17.3 Å². The fourth-order valence-corrected chi connectivity index (χ4v) is 5.96. The van der Waals surface area contributed by atoms with E-state index in [9.17, 15) is 9.59 Å². The van der Waals surface area contributed by atoms with Gasteiger partial charge in [0.2, 0.25) is 0 Å². The summed E-state index contributed by atoms with van der Waals surface area (Å²) in [7, 11) is 1.58. The van der Waals surface area contributed by atoms with Gasteiger partial charge in [0.05, 0.1) is 30.5 Å². The molecule has 1 aromatic carbocycles. The summed E-state index contributed by atoms with van der Waals surface area (Å²) in [5, 5.41) is 1.18.